The molecule has 1 heterocycles. The van der Waals surface area contributed by atoms with E-state index in [1.54, 1.807) is 0 Å². The average molecular weight is 476 g/mol. The van der Waals surface area contributed by atoms with Gasteiger partial charge in [-0.3, -0.25) is 4.79 Å². The van der Waals surface area contributed by atoms with Gasteiger partial charge in [0, 0.05) is 18.7 Å². The first-order valence-electron chi connectivity index (χ1n) is 12.1. The first kappa shape index (κ1) is 24.9. The number of nitrogens with zero attached hydrogens (tertiary/aromatic N) is 1. The molecule has 0 spiro atoms. The van der Waals surface area contributed by atoms with E-state index in [4.69, 9.17) is 10.5 Å². The number of amides is 1. The van der Waals surface area contributed by atoms with Crippen LogP contribution < -0.4 is 11.1 Å². The Kier molecular flexibility index (Phi) is 7.83. The van der Waals surface area contributed by atoms with Crippen molar-refractivity contribution >= 4 is 11.6 Å². The number of nitrogens with two attached hydrogens (primary N) is 1. The lowest BCUT2D eigenvalue weighted by Gasteiger charge is -2.31. The van der Waals surface area contributed by atoms with E-state index in [0.717, 1.165) is 52.9 Å². The summed E-state index contributed by atoms with van der Waals surface area (Å²) < 4.78 is 20.1. The highest BCUT2D eigenvalue weighted by molar-refractivity contribution is 5.76. The molecule has 5 nitrogen and oxygen atoms in total. The van der Waals surface area contributed by atoms with Gasteiger partial charge in [-0.1, -0.05) is 42.5 Å². The average Bonchev–Trinajstić information content (AvgIpc) is 3.21. The van der Waals surface area contributed by atoms with Gasteiger partial charge in [-0.2, -0.15) is 0 Å². The van der Waals surface area contributed by atoms with E-state index in [2.05, 4.69) is 42.5 Å². The standard InChI is InChI=1S/C29H34FN3O2/c1-33(2)17-3-16-29(24-8-10-25(30)11-9-24)27-14-6-22(18-23(27)20-35-29)19-32-28(34)15-7-21-4-12-26(31)13-5-21/h4-6,8-14,18H,3,7,15-17,19-20,31H2,1-2H3,(H,32,34)/t29-/m0/s1. The number of benzene rings is 3. The molecule has 4 rings (SSSR count). The van der Waals surface area contributed by atoms with Gasteiger partial charge in [0.25, 0.3) is 0 Å². The minimum atomic E-state index is -0.583. The molecule has 0 bridgehead atoms. The number of halogens is 1. The van der Waals surface area contributed by atoms with Gasteiger partial charge in [-0.05, 0) is 92.0 Å². The van der Waals surface area contributed by atoms with Crippen molar-refractivity contribution in [2.75, 3.05) is 26.4 Å². The van der Waals surface area contributed by atoms with Crippen LogP contribution in [0, 0.1) is 5.82 Å². The molecule has 0 aliphatic carbocycles. The van der Waals surface area contributed by atoms with E-state index in [1.165, 1.54) is 12.1 Å². The van der Waals surface area contributed by atoms with Crippen LogP contribution in [-0.2, 0) is 34.7 Å². The van der Waals surface area contributed by atoms with Crippen molar-refractivity contribution < 1.29 is 13.9 Å². The number of carbonyl (C=O) groups is 1. The summed E-state index contributed by atoms with van der Waals surface area (Å²) in [6, 6.07) is 20.5. The summed E-state index contributed by atoms with van der Waals surface area (Å²) in [5, 5.41) is 3.03. The number of aryl methyl sites for hydroxylation is 1. The third kappa shape index (κ3) is 6.08. The highest BCUT2D eigenvalue weighted by Crippen LogP contribution is 2.45. The Hall–Kier alpha value is -3.22. The van der Waals surface area contributed by atoms with Gasteiger partial charge in [0.15, 0.2) is 0 Å². The molecule has 3 aromatic carbocycles. The van der Waals surface area contributed by atoms with Crippen LogP contribution in [0.4, 0.5) is 10.1 Å². The molecular formula is C29H34FN3O2. The maximum Gasteiger partial charge on any atom is 0.220 e. The maximum absolute atomic E-state index is 13.6. The Morgan fingerprint density at radius 2 is 1.77 bits per heavy atom. The number of ether oxygens (including phenoxy) is 1. The van der Waals surface area contributed by atoms with E-state index < -0.39 is 5.60 Å². The largest absolute Gasteiger partial charge is 0.399 e. The van der Waals surface area contributed by atoms with E-state index in [1.807, 2.05) is 36.4 Å². The molecule has 184 valence electrons. The Morgan fingerprint density at radius 3 is 2.49 bits per heavy atom. The van der Waals surface area contributed by atoms with E-state index in [9.17, 15) is 9.18 Å². The van der Waals surface area contributed by atoms with Crippen LogP contribution in [0.3, 0.4) is 0 Å². The number of hydrogen-bond donors (Lipinski definition) is 2. The number of anilines is 1. The topological polar surface area (TPSA) is 67.6 Å². The predicted molar refractivity (Wildman–Crippen MR) is 137 cm³/mol. The van der Waals surface area contributed by atoms with E-state index >= 15 is 0 Å². The Bertz CT molecular complexity index is 1150. The first-order chi connectivity index (χ1) is 16.9. The Morgan fingerprint density at radius 1 is 1.06 bits per heavy atom. The second kappa shape index (κ2) is 11.0. The van der Waals surface area contributed by atoms with Crippen LogP contribution in [0.15, 0.2) is 66.7 Å². The minimum absolute atomic E-state index is 0.0166. The van der Waals surface area contributed by atoms with Crippen molar-refractivity contribution in [2.45, 2.75) is 44.4 Å². The van der Waals surface area contributed by atoms with E-state index in [0.29, 0.717) is 26.0 Å². The molecule has 0 fully saturated rings. The summed E-state index contributed by atoms with van der Waals surface area (Å²) in [5.74, 6) is -0.235. The lowest BCUT2D eigenvalue weighted by Crippen LogP contribution is -2.28. The summed E-state index contributed by atoms with van der Waals surface area (Å²) in [5.41, 5.74) is 11.2. The molecule has 0 saturated heterocycles. The lowest BCUT2D eigenvalue weighted by atomic mass is 9.81. The molecule has 0 unspecified atom stereocenters. The zero-order valence-corrected chi connectivity index (χ0v) is 20.5. The number of nitrogen functional groups attached to an aromatic ring is 1. The molecule has 6 heteroatoms. The highest BCUT2D eigenvalue weighted by Gasteiger charge is 2.41. The zero-order valence-electron chi connectivity index (χ0n) is 20.5. The Labute approximate surface area is 207 Å². The molecule has 3 N–H and O–H groups in total. The molecule has 3 aromatic rings. The summed E-state index contributed by atoms with van der Waals surface area (Å²) >= 11 is 0. The summed E-state index contributed by atoms with van der Waals surface area (Å²) in [6.07, 6.45) is 2.87. The Balaban J connectivity index is 1.43. The first-order valence-corrected chi connectivity index (χ1v) is 12.1. The van der Waals surface area contributed by atoms with Gasteiger partial charge in [0.1, 0.15) is 11.4 Å². The second-order valence-corrected chi connectivity index (χ2v) is 9.54. The molecule has 1 aliphatic rings. The quantitative estimate of drug-likeness (QED) is 0.415. The van der Waals surface area contributed by atoms with Crippen LogP contribution in [0.5, 0.6) is 0 Å². The number of rotatable bonds is 10. The van der Waals surface area contributed by atoms with Crippen molar-refractivity contribution in [1.29, 1.82) is 0 Å². The van der Waals surface area contributed by atoms with Crippen molar-refractivity contribution in [2.24, 2.45) is 0 Å². The van der Waals surface area contributed by atoms with Crippen molar-refractivity contribution in [1.82, 2.24) is 10.2 Å². The summed E-state index contributed by atoms with van der Waals surface area (Å²) in [6.45, 7) is 1.91. The van der Waals surface area contributed by atoms with Crippen LogP contribution in [-0.4, -0.2) is 31.4 Å². The molecule has 0 aromatic heterocycles. The fourth-order valence-electron chi connectivity index (χ4n) is 4.73. The maximum atomic E-state index is 13.6. The summed E-state index contributed by atoms with van der Waals surface area (Å²) in [7, 11) is 4.12. The fourth-order valence-corrected chi connectivity index (χ4v) is 4.73. The van der Waals surface area contributed by atoms with Gasteiger partial charge in [0.2, 0.25) is 5.91 Å². The zero-order chi connectivity index (χ0) is 24.8. The smallest absolute Gasteiger partial charge is 0.220 e. The van der Waals surface area contributed by atoms with Gasteiger partial charge < -0.3 is 20.7 Å². The van der Waals surface area contributed by atoms with Crippen LogP contribution in [0.25, 0.3) is 0 Å². The lowest BCUT2D eigenvalue weighted by molar-refractivity contribution is -0.121. The SMILES string of the molecule is CN(C)CCC[C@@]1(c2ccc(F)cc2)OCc2cc(CNC(=O)CCc3ccc(N)cc3)ccc21. The van der Waals surface area contributed by atoms with Gasteiger partial charge >= 0.3 is 0 Å². The molecule has 35 heavy (non-hydrogen) atoms. The second-order valence-electron chi connectivity index (χ2n) is 9.54. The molecule has 1 atom stereocenters. The number of hydrogen-bond acceptors (Lipinski definition) is 4. The molecule has 1 amide bonds. The fraction of sp³-hybridized carbons (Fsp3) is 0.345. The number of carbonyl (C=O) groups excluding carboxylic acids is 1. The highest BCUT2D eigenvalue weighted by atomic mass is 19.1. The van der Waals surface area contributed by atoms with Crippen LogP contribution in [0.2, 0.25) is 0 Å². The third-order valence-electron chi connectivity index (χ3n) is 6.63. The van der Waals surface area contributed by atoms with Gasteiger partial charge in [-0.15, -0.1) is 0 Å². The van der Waals surface area contributed by atoms with Crippen LogP contribution >= 0.6 is 0 Å². The molecular weight excluding hydrogens is 441 g/mol. The van der Waals surface area contributed by atoms with Gasteiger partial charge in [-0.25, -0.2) is 4.39 Å². The van der Waals surface area contributed by atoms with Crippen molar-refractivity contribution in [3.63, 3.8) is 0 Å². The molecule has 0 saturated carbocycles. The third-order valence-corrected chi connectivity index (χ3v) is 6.63. The number of nitrogens with one attached hydrogen (secondary N) is 1. The summed E-state index contributed by atoms with van der Waals surface area (Å²) in [4.78, 5) is 14.5. The van der Waals surface area contributed by atoms with Gasteiger partial charge in [0.05, 0.1) is 6.61 Å². The minimum Gasteiger partial charge on any atom is -0.399 e. The van der Waals surface area contributed by atoms with Crippen LogP contribution in [0.1, 0.15) is 47.1 Å². The van der Waals surface area contributed by atoms with Crippen molar-refractivity contribution in [3.05, 3.63) is 100 Å². The normalized spacial score (nSPS) is 16.9. The predicted octanol–water partition coefficient (Wildman–Crippen LogP) is 4.77. The monoisotopic (exact) mass is 475 g/mol. The number of fused-ring (bicyclic) bond motifs is 1. The molecule has 1 aliphatic heterocycles. The van der Waals surface area contributed by atoms with Crippen molar-refractivity contribution in [3.8, 4) is 0 Å². The molecule has 0 radical (unpaired) electrons. The van der Waals surface area contributed by atoms with E-state index in [-0.39, 0.29) is 11.7 Å².